The average Bonchev–Trinajstić information content (AvgIpc) is 3.27. The van der Waals surface area contributed by atoms with E-state index in [-0.39, 0.29) is 0 Å². The van der Waals surface area contributed by atoms with Crippen LogP contribution in [0.5, 0.6) is 5.88 Å². The van der Waals surface area contributed by atoms with E-state index in [2.05, 4.69) is 39.4 Å². The molecule has 0 N–H and O–H groups in total. The van der Waals surface area contributed by atoms with E-state index in [9.17, 15) is 0 Å². The highest BCUT2D eigenvalue weighted by Gasteiger charge is 2.39. The highest BCUT2D eigenvalue weighted by molar-refractivity contribution is 5.65. The number of pyridine rings is 1. The molecule has 32 heavy (non-hydrogen) atoms. The van der Waals surface area contributed by atoms with Crippen molar-refractivity contribution in [1.29, 1.82) is 0 Å². The van der Waals surface area contributed by atoms with Crippen molar-refractivity contribution < 1.29 is 4.74 Å². The third-order valence-corrected chi connectivity index (χ3v) is 6.93. The van der Waals surface area contributed by atoms with Crippen molar-refractivity contribution in [2.24, 2.45) is 0 Å². The summed E-state index contributed by atoms with van der Waals surface area (Å²) in [4.78, 5) is 4.61. The third kappa shape index (κ3) is 3.34. The van der Waals surface area contributed by atoms with Gasteiger partial charge in [-0.05, 0) is 69.4 Å². The molecule has 2 bridgehead atoms. The van der Waals surface area contributed by atoms with Gasteiger partial charge < -0.3 is 4.74 Å². The number of aryl methyl sites for hydroxylation is 2. The van der Waals surface area contributed by atoms with Crippen molar-refractivity contribution in [3.63, 3.8) is 0 Å². The van der Waals surface area contributed by atoms with Crippen LogP contribution in [0.1, 0.15) is 66.5 Å². The Morgan fingerprint density at radius 1 is 0.906 bits per heavy atom. The summed E-state index contributed by atoms with van der Waals surface area (Å²) in [6.07, 6.45) is 6.71. The van der Waals surface area contributed by atoms with E-state index in [1.165, 1.54) is 36.8 Å². The lowest BCUT2D eigenvalue weighted by atomic mass is 9.67. The predicted molar refractivity (Wildman–Crippen MR) is 123 cm³/mol. The lowest BCUT2D eigenvalue weighted by Crippen LogP contribution is -2.25. The van der Waals surface area contributed by atoms with E-state index in [4.69, 9.17) is 9.84 Å². The molecule has 3 aliphatic carbocycles. The SMILES string of the molecule is Cc1cccc(CCCOc2nn3c(-c4ccccc4)nnc3c3c2C2CCC3CC2)n1. The fourth-order valence-electron chi connectivity index (χ4n) is 5.43. The Hall–Kier alpha value is -3.28. The lowest BCUT2D eigenvalue weighted by molar-refractivity contribution is 0.273. The van der Waals surface area contributed by atoms with Gasteiger partial charge in [-0.15, -0.1) is 15.3 Å². The maximum Gasteiger partial charge on any atom is 0.235 e. The van der Waals surface area contributed by atoms with Crippen LogP contribution >= 0.6 is 0 Å². The van der Waals surface area contributed by atoms with Gasteiger partial charge in [0.15, 0.2) is 11.5 Å². The fraction of sp³-hybridized carbons (Fsp3) is 0.385. The Morgan fingerprint density at radius 2 is 1.69 bits per heavy atom. The van der Waals surface area contributed by atoms with Gasteiger partial charge in [0.2, 0.25) is 5.88 Å². The van der Waals surface area contributed by atoms with Crippen molar-refractivity contribution in [1.82, 2.24) is 24.8 Å². The predicted octanol–water partition coefficient (Wildman–Crippen LogP) is 5.26. The number of rotatable bonds is 6. The molecule has 0 aliphatic heterocycles. The molecule has 7 rings (SSSR count). The average molecular weight is 426 g/mol. The van der Waals surface area contributed by atoms with E-state index in [1.54, 1.807) is 0 Å². The Morgan fingerprint density at radius 3 is 2.47 bits per heavy atom. The number of ether oxygens (including phenoxy) is 1. The van der Waals surface area contributed by atoms with Gasteiger partial charge in [-0.25, -0.2) is 0 Å². The van der Waals surface area contributed by atoms with Gasteiger partial charge in [-0.2, -0.15) is 4.52 Å². The molecule has 0 spiro atoms. The van der Waals surface area contributed by atoms with Crippen LogP contribution in [0.3, 0.4) is 0 Å². The van der Waals surface area contributed by atoms with Crippen molar-refractivity contribution in [2.75, 3.05) is 6.61 Å². The Balaban J connectivity index is 1.34. The second-order valence-electron chi connectivity index (χ2n) is 9.03. The minimum absolute atomic E-state index is 0.526. The molecule has 162 valence electrons. The number of benzene rings is 1. The van der Waals surface area contributed by atoms with Crippen LogP contribution in [0.4, 0.5) is 0 Å². The quantitative estimate of drug-likeness (QED) is 0.394. The number of nitrogens with zero attached hydrogens (tertiary/aromatic N) is 5. The molecule has 0 radical (unpaired) electrons. The van der Waals surface area contributed by atoms with Crippen molar-refractivity contribution in [3.8, 4) is 17.3 Å². The van der Waals surface area contributed by atoms with Crippen LogP contribution in [0.25, 0.3) is 17.0 Å². The van der Waals surface area contributed by atoms with E-state index in [1.807, 2.05) is 35.7 Å². The zero-order valence-corrected chi connectivity index (χ0v) is 18.4. The number of hydrogen-bond acceptors (Lipinski definition) is 5. The van der Waals surface area contributed by atoms with Crippen LogP contribution < -0.4 is 4.74 Å². The van der Waals surface area contributed by atoms with Gasteiger partial charge in [-0.3, -0.25) is 4.98 Å². The second-order valence-corrected chi connectivity index (χ2v) is 9.03. The molecule has 6 heteroatoms. The second kappa shape index (κ2) is 8.01. The van der Waals surface area contributed by atoms with Gasteiger partial charge in [0.1, 0.15) is 0 Å². The minimum Gasteiger partial charge on any atom is -0.476 e. The molecule has 0 amide bonds. The molecule has 1 saturated carbocycles. The highest BCUT2D eigenvalue weighted by atomic mass is 16.5. The molecule has 3 aromatic heterocycles. The summed E-state index contributed by atoms with van der Waals surface area (Å²) in [5, 5.41) is 14.1. The summed E-state index contributed by atoms with van der Waals surface area (Å²) in [5.74, 6) is 2.61. The summed E-state index contributed by atoms with van der Waals surface area (Å²) < 4.78 is 8.27. The van der Waals surface area contributed by atoms with Crippen LogP contribution in [0.15, 0.2) is 48.5 Å². The van der Waals surface area contributed by atoms with E-state index >= 15 is 0 Å². The first-order valence-electron chi connectivity index (χ1n) is 11.7. The maximum atomic E-state index is 6.36. The molecule has 4 aromatic rings. The summed E-state index contributed by atoms with van der Waals surface area (Å²) in [5.41, 5.74) is 6.72. The van der Waals surface area contributed by atoms with Crippen molar-refractivity contribution >= 4 is 5.65 Å². The van der Waals surface area contributed by atoms with Gasteiger partial charge in [0.05, 0.1) is 6.61 Å². The van der Waals surface area contributed by atoms with E-state index in [0.29, 0.717) is 18.4 Å². The molecular formula is C26H27N5O. The summed E-state index contributed by atoms with van der Waals surface area (Å²) in [7, 11) is 0. The van der Waals surface area contributed by atoms with Crippen LogP contribution in [0, 0.1) is 6.92 Å². The first-order chi connectivity index (χ1) is 15.8. The lowest BCUT2D eigenvalue weighted by Gasteiger charge is -2.38. The zero-order valence-electron chi connectivity index (χ0n) is 18.4. The standard InChI is InChI=1S/C26H27N5O/c1-17-7-5-10-21(27-17)11-6-16-32-26-23-19-14-12-18(13-15-19)22(23)25-29-28-24(31(25)30-26)20-8-3-2-4-9-20/h2-5,7-10,18-19H,6,11-16H2,1H3. The minimum atomic E-state index is 0.526. The van der Waals surface area contributed by atoms with Gasteiger partial charge in [0.25, 0.3) is 0 Å². The largest absolute Gasteiger partial charge is 0.476 e. The summed E-state index contributed by atoms with van der Waals surface area (Å²) >= 11 is 0. The smallest absolute Gasteiger partial charge is 0.235 e. The fourth-order valence-corrected chi connectivity index (χ4v) is 5.43. The summed E-state index contributed by atoms with van der Waals surface area (Å²) in [6.45, 7) is 2.66. The number of aromatic nitrogens is 5. The Kier molecular flexibility index (Phi) is 4.86. The van der Waals surface area contributed by atoms with Crippen LogP contribution in [-0.2, 0) is 6.42 Å². The molecule has 1 aromatic carbocycles. The van der Waals surface area contributed by atoms with Crippen LogP contribution in [-0.4, -0.2) is 31.4 Å². The molecule has 3 aliphatic rings. The molecule has 0 saturated heterocycles. The molecular weight excluding hydrogens is 398 g/mol. The number of hydrogen-bond donors (Lipinski definition) is 0. The normalized spacial score (nSPS) is 19.3. The van der Waals surface area contributed by atoms with Crippen LogP contribution in [0.2, 0.25) is 0 Å². The topological polar surface area (TPSA) is 65.2 Å². The zero-order chi connectivity index (χ0) is 21.5. The molecule has 6 nitrogen and oxygen atoms in total. The Bertz CT molecular complexity index is 1260. The van der Waals surface area contributed by atoms with Gasteiger partial charge in [0, 0.05) is 28.1 Å². The highest BCUT2D eigenvalue weighted by Crippen LogP contribution is 2.53. The molecule has 0 unspecified atom stereocenters. The number of fused-ring (bicyclic) bond motifs is 3. The van der Waals surface area contributed by atoms with E-state index < -0.39 is 0 Å². The molecule has 3 heterocycles. The van der Waals surface area contributed by atoms with Gasteiger partial charge >= 0.3 is 0 Å². The molecule has 1 fully saturated rings. The van der Waals surface area contributed by atoms with E-state index in [0.717, 1.165) is 47.1 Å². The first kappa shape index (κ1) is 19.4. The van der Waals surface area contributed by atoms with Gasteiger partial charge in [-0.1, -0.05) is 36.4 Å². The first-order valence-corrected chi connectivity index (χ1v) is 11.7. The maximum absolute atomic E-state index is 6.36. The third-order valence-electron chi connectivity index (χ3n) is 6.93. The van der Waals surface area contributed by atoms with Crippen molar-refractivity contribution in [3.05, 3.63) is 71.0 Å². The summed E-state index contributed by atoms with van der Waals surface area (Å²) in [6, 6.07) is 16.3. The monoisotopic (exact) mass is 425 g/mol. The molecule has 0 atom stereocenters. The van der Waals surface area contributed by atoms with Crippen molar-refractivity contribution in [2.45, 2.75) is 57.3 Å². The Labute approximate surface area is 187 Å².